The molecule has 0 radical (unpaired) electrons. The molecule has 0 amide bonds. The summed E-state index contributed by atoms with van der Waals surface area (Å²) >= 11 is 12.0. The molecule has 84 valence electrons. The van der Waals surface area contributed by atoms with Crippen LogP contribution in [0.15, 0.2) is 18.2 Å². The van der Waals surface area contributed by atoms with Crippen LogP contribution in [0.25, 0.3) is 0 Å². The summed E-state index contributed by atoms with van der Waals surface area (Å²) in [4.78, 5) is 0. The molecule has 0 saturated carbocycles. The van der Waals surface area contributed by atoms with Gasteiger partial charge >= 0.3 is 0 Å². The van der Waals surface area contributed by atoms with Gasteiger partial charge in [-0.1, -0.05) is 49.2 Å². The lowest BCUT2D eigenvalue weighted by molar-refractivity contribution is 0.554. The highest BCUT2D eigenvalue weighted by Crippen LogP contribution is 2.25. The molecular weight excluding hydrogens is 229 g/mol. The Hall–Kier alpha value is -0.240. The van der Waals surface area contributed by atoms with Gasteiger partial charge in [0.05, 0.1) is 10.0 Å². The largest absolute Gasteiger partial charge is 0.316 e. The summed E-state index contributed by atoms with van der Waals surface area (Å²) in [5, 5.41) is 4.70. The van der Waals surface area contributed by atoms with Crippen LogP contribution in [0.1, 0.15) is 19.4 Å². The van der Waals surface area contributed by atoms with E-state index >= 15 is 0 Å². The minimum absolute atomic E-state index is 0.637. The van der Waals surface area contributed by atoms with Crippen molar-refractivity contribution in [3.05, 3.63) is 33.8 Å². The summed E-state index contributed by atoms with van der Waals surface area (Å²) in [5.74, 6) is 0.680. The van der Waals surface area contributed by atoms with Crippen molar-refractivity contribution in [2.75, 3.05) is 13.1 Å². The van der Waals surface area contributed by atoms with E-state index in [-0.39, 0.29) is 0 Å². The molecule has 0 saturated heterocycles. The topological polar surface area (TPSA) is 12.0 Å². The molecule has 1 rings (SSSR count). The van der Waals surface area contributed by atoms with E-state index in [4.69, 9.17) is 23.2 Å². The van der Waals surface area contributed by atoms with Gasteiger partial charge in [0.25, 0.3) is 0 Å². The Morgan fingerprint density at radius 2 is 2.00 bits per heavy atom. The van der Waals surface area contributed by atoms with Crippen LogP contribution < -0.4 is 5.32 Å². The summed E-state index contributed by atoms with van der Waals surface area (Å²) in [7, 11) is 0. The van der Waals surface area contributed by atoms with E-state index in [0.717, 1.165) is 25.1 Å². The van der Waals surface area contributed by atoms with E-state index in [1.807, 2.05) is 18.2 Å². The molecule has 1 N–H and O–H groups in total. The molecule has 3 heteroatoms. The Morgan fingerprint density at radius 3 is 2.67 bits per heavy atom. The van der Waals surface area contributed by atoms with E-state index in [0.29, 0.717) is 16.0 Å². The van der Waals surface area contributed by atoms with Gasteiger partial charge in [-0.15, -0.1) is 0 Å². The molecule has 1 aromatic carbocycles. The Labute approximate surface area is 102 Å². The van der Waals surface area contributed by atoms with E-state index in [1.165, 1.54) is 0 Å². The van der Waals surface area contributed by atoms with Crippen LogP contribution in [0.4, 0.5) is 0 Å². The number of hydrogen-bond donors (Lipinski definition) is 1. The van der Waals surface area contributed by atoms with Crippen molar-refractivity contribution in [1.82, 2.24) is 5.32 Å². The number of halogens is 2. The molecule has 1 aromatic rings. The maximum absolute atomic E-state index is 6.07. The molecule has 1 nitrogen and oxygen atoms in total. The lowest BCUT2D eigenvalue weighted by Gasteiger charge is -2.08. The first-order valence-corrected chi connectivity index (χ1v) is 6.00. The minimum atomic E-state index is 0.637. The quantitative estimate of drug-likeness (QED) is 0.779. The number of nitrogens with one attached hydrogen (secondary N) is 1. The molecular formula is C12H17Cl2N. The predicted molar refractivity (Wildman–Crippen MR) is 67.9 cm³/mol. The first-order chi connectivity index (χ1) is 7.11. The molecule has 0 aliphatic carbocycles. The Bertz CT molecular complexity index is 310. The second-order valence-corrected chi connectivity index (χ2v) is 4.85. The third-order valence-corrected chi connectivity index (χ3v) is 3.01. The van der Waals surface area contributed by atoms with Gasteiger partial charge in [-0.05, 0) is 37.1 Å². The maximum Gasteiger partial charge on any atom is 0.0624 e. The van der Waals surface area contributed by atoms with Crippen LogP contribution >= 0.6 is 23.2 Å². The molecule has 0 spiro atoms. The summed E-state index contributed by atoms with van der Waals surface area (Å²) in [5.41, 5.74) is 1.11. The van der Waals surface area contributed by atoms with Gasteiger partial charge in [-0.3, -0.25) is 0 Å². The second-order valence-electron chi connectivity index (χ2n) is 4.06. The third-order valence-electron chi connectivity index (χ3n) is 2.16. The highest BCUT2D eigenvalue weighted by atomic mass is 35.5. The Morgan fingerprint density at radius 1 is 1.27 bits per heavy atom. The Balaban J connectivity index is 2.41. The maximum atomic E-state index is 6.07. The van der Waals surface area contributed by atoms with Crippen LogP contribution in [-0.4, -0.2) is 13.1 Å². The van der Waals surface area contributed by atoms with Crippen LogP contribution in [0.5, 0.6) is 0 Å². The lowest BCUT2D eigenvalue weighted by Crippen LogP contribution is -2.22. The number of hydrogen-bond acceptors (Lipinski definition) is 1. The Kier molecular flexibility index (Phi) is 5.44. The van der Waals surface area contributed by atoms with Gasteiger partial charge in [-0.2, -0.15) is 0 Å². The molecule has 0 heterocycles. The summed E-state index contributed by atoms with van der Waals surface area (Å²) < 4.78 is 0. The van der Waals surface area contributed by atoms with Crippen LogP contribution in [0.3, 0.4) is 0 Å². The fourth-order valence-electron chi connectivity index (χ4n) is 1.36. The minimum Gasteiger partial charge on any atom is -0.316 e. The molecule has 0 atom stereocenters. The summed E-state index contributed by atoms with van der Waals surface area (Å²) in [6.07, 6.45) is 0.923. The van der Waals surface area contributed by atoms with E-state index in [1.54, 1.807) is 0 Å². The molecule has 0 unspecified atom stereocenters. The van der Waals surface area contributed by atoms with Crippen molar-refractivity contribution < 1.29 is 0 Å². The number of benzene rings is 1. The highest BCUT2D eigenvalue weighted by molar-refractivity contribution is 6.42. The van der Waals surface area contributed by atoms with Gasteiger partial charge in [0, 0.05) is 0 Å². The molecule has 0 aromatic heterocycles. The highest BCUT2D eigenvalue weighted by Gasteiger charge is 2.03. The molecule has 0 fully saturated rings. The molecule has 15 heavy (non-hydrogen) atoms. The zero-order valence-electron chi connectivity index (χ0n) is 9.19. The van der Waals surface area contributed by atoms with E-state index in [2.05, 4.69) is 19.2 Å². The fourth-order valence-corrected chi connectivity index (χ4v) is 1.77. The van der Waals surface area contributed by atoms with Gasteiger partial charge in [0.2, 0.25) is 0 Å². The summed E-state index contributed by atoms with van der Waals surface area (Å²) in [6, 6.07) is 5.77. The van der Waals surface area contributed by atoms with Crippen molar-refractivity contribution in [2.45, 2.75) is 20.3 Å². The molecule has 0 bridgehead atoms. The zero-order valence-corrected chi connectivity index (χ0v) is 10.7. The van der Waals surface area contributed by atoms with Gasteiger partial charge < -0.3 is 5.32 Å². The van der Waals surface area contributed by atoms with Crippen molar-refractivity contribution in [2.24, 2.45) is 5.92 Å². The summed E-state index contributed by atoms with van der Waals surface area (Å²) in [6.45, 7) is 6.37. The fraction of sp³-hybridized carbons (Fsp3) is 0.500. The molecule has 0 aliphatic heterocycles. The SMILES string of the molecule is CC(C)CNCCc1cccc(Cl)c1Cl. The molecule has 0 aliphatic rings. The third kappa shape index (κ3) is 4.42. The second kappa shape index (κ2) is 6.37. The zero-order chi connectivity index (χ0) is 11.3. The van der Waals surface area contributed by atoms with E-state index < -0.39 is 0 Å². The van der Waals surface area contributed by atoms with Crippen molar-refractivity contribution in [3.8, 4) is 0 Å². The van der Waals surface area contributed by atoms with Crippen molar-refractivity contribution in [3.63, 3.8) is 0 Å². The van der Waals surface area contributed by atoms with E-state index in [9.17, 15) is 0 Å². The van der Waals surface area contributed by atoms with Crippen molar-refractivity contribution in [1.29, 1.82) is 0 Å². The number of rotatable bonds is 5. The first kappa shape index (κ1) is 12.8. The van der Waals surface area contributed by atoms with Crippen LogP contribution in [-0.2, 0) is 6.42 Å². The van der Waals surface area contributed by atoms with Crippen LogP contribution in [0.2, 0.25) is 10.0 Å². The lowest BCUT2D eigenvalue weighted by atomic mass is 10.1. The van der Waals surface area contributed by atoms with Crippen molar-refractivity contribution >= 4 is 23.2 Å². The predicted octanol–water partition coefficient (Wildman–Crippen LogP) is 3.78. The van der Waals surface area contributed by atoms with Crippen LogP contribution in [0, 0.1) is 5.92 Å². The monoisotopic (exact) mass is 245 g/mol. The van der Waals surface area contributed by atoms with Gasteiger partial charge in [0.15, 0.2) is 0 Å². The van der Waals surface area contributed by atoms with Gasteiger partial charge in [0.1, 0.15) is 0 Å². The standard InChI is InChI=1S/C12H17Cl2N/c1-9(2)8-15-7-6-10-4-3-5-11(13)12(10)14/h3-5,9,15H,6-8H2,1-2H3. The first-order valence-electron chi connectivity index (χ1n) is 5.25. The normalized spacial score (nSPS) is 11.0. The average Bonchev–Trinajstić information content (AvgIpc) is 2.18. The van der Waals surface area contributed by atoms with Gasteiger partial charge in [-0.25, -0.2) is 0 Å². The smallest absolute Gasteiger partial charge is 0.0624 e. The average molecular weight is 246 g/mol.